The summed E-state index contributed by atoms with van der Waals surface area (Å²) in [5.74, 6) is -1.42. The number of halogens is 1. The van der Waals surface area contributed by atoms with Crippen LogP contribution in [0.5, 0.6) is 5.75 Å². The van der Waals surface area contributed by atoms with E-state index in [1.165, 1.54) is 24.3 Å². The molecule has 0 spiro atoms. The average Bonchev–Trinajstić information content (AvgIpc) is 2.70. The molecule has 0 unspecified atom stereocenters. The maximum atomic E-state index is 12.9. The highest BCUT2D eigenvalue weighted by molar-refractivity contribution is 5.95. The Bertz CT molecular complexity index is 915. The van der Waals surface area contributed by atoms with Crippen molar-refractivity contribution in [3.05, 3.63) is 69.0 Å². The predicted octanol–water partition coefficient (Wildman–Crippen LogP) is 2.07. The van der Waals surface area contributed by atoms with Crippen LogP contribution in [0.2, 0.25) is 0 Å². The Kier molecular flexibility index (Phi) is 5.80. The van der Waals surface area contributed by atoms with Gasteiger partial charge in [0.05, 0.1) is 11.5 Å². The van der Waals surface area contributed by atoms with E-state index in [4.69, 9.17) is 14.2 Å². The van der Waals surface area contributed by atoms with Crippen molar-refractivity contribution in [2.24, 2.45) is 0 Å². The second-order valence-electron chi connectivity index (χ2n) is 5.81. The van der Waals surface area contributed by atoms with Crippen LogP contribution < -0.4 is 10.1 Å². The Morgan fingerprint density at radius 3 is 2.71 bits per heavy atom. The fourth-order valence-corrected chi connectivity index (χ4v) is 2.56. The molecule has 1 heterocycles. The van der Waals surface area contributed by atoms with Gasteiger partial charge in [-0.15, -0.1) is 0 Å². The Hall–Kier alpha value is -3.53. The first kappa shape index (κ1) is 19.2. The Morgan fingerprint density at radius 1 is 1.25 bits per heavy atom. The molecule has 28 heavy (non-hydrogen) atoms. The zero-order chi connectivity index (χ0) is 20.1. The lowest BCUT2D eigenvalue weighted by atomic mass is 10.1. The van der Waals surface area contributed by atoms with Gasteiger partial charge in [-0.25, -0.2) is 4.39 Å². The van der Waals surface area contributed by atoms with Crippen LogP contribution >= 0.6 is 0 Å². The third-order valence-corrected chi connectivity index (χ3v) is 3.87. The van der Waals surface area contributed by atoms with Gasteiger partial charge >= 0.3 is 5.97 Å². The second-order valence-corrected chi connectivity index (χ2v) is 5.81. The van der Waals surface area contributed by atoms with Gasteiger partial charge < -0.3 is 19.5 Å². The number of nitro benzene ring substituents is 1. The fourth-order valence-electron chi connectivity index (χ4n) is 2.56. The Morgan fingerprint density at radius 2 is 2.00 bits per heavy atom. The van der Waals surface area contributed by atoms with Crippen molar-refractivity contribution in [2.75, 3.05) is 13.3 Å². The van der Waals surface area contributed by atoms with E-state index in [0.29, 0.717) is 16.9 Å². The van der Waals surface area contributed by atoms with Crippen LogP contribution in [0.1, 0.15) is 21.5 Å². The number of carbonyl (C=O) groups excluding carboxylic acids is 2. The fraction of sp³-hybridized carbons (Fsp3) is 0.222. The number of ether oxygens (including phenoxy) is 3. The lowest BCUT2D eigenvalue weighted by Gasteiger charge is -2.20. The van der Waals surface area contributed by atoms with Gasteiger partial charge in [-0.05, 0) is 24.3 Å². The molecule has 2 aromatic carbocycles. The summed E-state index contributed by atoms with van der Waals surface area (Å²) in [6, 6.07) is 7.41. The molecule has 1 aliphatic rings. The first-order valence-electron chi connectivity index (χ1n) is 8.14. The molecule has 146 valence electrons. The van der Waals surface area contributed by atoms with E-state index < -0.39 is 29.2 Å². The minimum atomic E-state index is -0.747. The van der Waals surface area contributed by atoms with Crippen molar-refractivity contribution in [1.82, 2.24) is 5.32 Å². The first-order valence-corrected chi connectivity index (χ1v) is 8.14. The molecule has 0 aromatic heterocycles. The SMILES string of the molecule is O=C(CNC(=O)c1ccc(F)cc1)OCc1cc([N+](=O)[O-])cc2c1OCOC2. The predicted molar refractivity (Wildman–Crippen MR) is 91.9 cm³/mol. The van der Waals surface area contributed by atoms with Crippen LogP contribution in [-0.2, 0) is 27.5 Å². The first-order chi connectivity index (χ1) is 13.4. The molecular formula is C18H15FN2O7. The normalized spacial score (nSPS) is 12.5. The maximum absolute atomic E-state index is 12.9. The van der Waals surface area contributed by atoms with Gasteiger partial charge in [-0.1, -0.05) is 0 Å². The standard InChI is InChI=1S/C18H15FN2O7/c19-14-3-1-11(2-4-14)18(23)20-7-16(22)27-9-13-6-15(21(24)25)5-12-8-26-10-28-17(12)13/h1-6H,7-10H2,(H,20,23). The average molecular weight is 390 g/mol. The summed E-state index contributed by atoms with van der Waals surface area (Å²) in [5, 5.41) is 13.4. The Balaban J connectivity index is 1.59. The van der Waals surface area contributed by atoms with E-state index in [-0.39, 0.29) is 31.3 Å². The largest absolute Gasteiger partial charge is 0.467 e. The number of nitro groups is 1. The van der Waals surface area contributed by atoms with Crippen LogP contribution in [0.25, 0.3) is 0 Å². The van der Waals surface area contributed by atoms with Crippen LogP contribution in [-0.4, -0.2) is 30.1 Å². The van der Waals surface area contributed by atoms with Crippen LogP contribution in [0, 0.1) is 15.9 Å². The van der Waals surface area contributed by atoms with Gasteiger partial charge in [-0.2, -0.15) is 0 Å². The van der Waals surface area contributed by atoms with Crippen molar-refractivity contribution in [2.45, 2.75) is 13.2 Å². The minimum absolute atomic E-state index is 0.0144. The van der Waals surface area contributed by atoms with Gasteiger partial charge in [-0.3, -0.25) is 19.7 Å². The van der Waals surface area contributed by atoms with Crippen molar-refractivity contribution >= 4 is 17.6 Å². The monoisotopic (exact) mass is 390 g/mol. The highest BCUT2D eigenvalue weighted by Gasteiger charge is 2.22. The van der Waals surface area contributed by atoms with Gasteiger partial charge in [0.15, 0.2) is 6.79 Å². The van der Waals surface area contributed by atoms with Crippen LogP contribution in [0.3, 0.4) is 0 Å². The van der Waals surface area contributed by atoms with Gasteiger partial charge in [0.2, 0.25) is 0 Å². The summed E-state index contributed by atoms with van der Waals surface area (Å²) in [6.45, 7) is -0.558. The smallest absolute Gasteiger partial charge is 0.325 e. The summed E-state index contributed by atoms with van der Waals surface area (Å²) in [5.41, 5.74) is 0.820. The number of esters is 1. The zero-order valence-corrected chi connectivity index (χ0v) is 14.5. The minimum Gasteiger partial charge on any atom is -0.467 e. The van der Waals surface area contributed by atoms with Crippen molar-refractivity contribution in [3.8, 4) is 5.75 Å². The van der Waals surface area contributed by atoms with Gasteiger partial charge in [0.1, 0.15) is 24.7 Å². The second kappa shape index (κ2) is 8.44. The molecule has 0 aliphatic carbocycles. The third-order valence-electron chi connectivity index (χ3n) is 3.87. The van der Waals surface area contributed by atoms with E-state index in [0.717, 1.165) is 12.1 Å². The molecule has 10 heteroatoms. The zero-order valence-electron chi connectivity index (χ0n) is 14.5. The molecule has 9 nitrogen and oxygen atoms in total. The number of rotatable bonds is 6. The molecular weight excluding hydrogens is 375 g/mol. The topological polar surface area (TPSA) is 117 Å². The summed E-state index contributed by atoms with van der Waals surface area (Å²) in [4.78, 5) is 34.3. The van der Waals surface area contributed by atoms with Crippen LogP contribution in [0.15, 0.2) is 36.4 Å². The number of fused-ring (bicyclic) bond motifs is 1. The molecule has 0 atom stereocenters. The summed E-state index contributed by atoms with van der Waals surface area (Å²) in [6.07, 6.45) is 0. The lowest BCUT2D eigenvalue weighted by molar-refractivity contribution is -0.385. The van der Waals surface area contributed by atoms with Crippen molar-refractivity contribution in [1.29, 1.82) is 0 Å². The van der Waals surface area contributed by atoms with Crippen LogP contribution in [0.4, 0.5) is 10.1 Å². The summed E-state index contributed by atoms with van der Waals surface area (Å²) < 4.78 is 28.4. The molecule has 0 radical (unpaired) electrons. The highest BCUT2D eigenvalue weighted by atomic mass is 19.1. The summed E-state index contributed by atoms with van der Waals surface area (Å²) >= 11 is 0. The van der Waals surface area contributed by atoms with E-state index >= 15 is 0 Å². The van der Waals surface area contributed by atoms with Crippen molar-refractivity contribution in [3.63, 3.8) is 0 Å². The number of non-ortho nitro benzene ring substituents is 1. The van der Waals surface area contributed by atoms with E-state index in [2.05, 4.69) is 5.32 Å². The number of hydrogen-bond acceptors (Lipinski definition) is 7. The number of benzene rings is 2. The number of amides is 1. The molecule has 0 saturated heterocycles. The highest BCUT2D eigenvalue weighted by Crippen LogP contribution is 2.33. The lowest BCUT2D eigenvalue weighted by Crippen LogP contribution is -2.30. The third kappa shape index (κ3) is 4.60. The molecule has 1 N–H and O–H groups in total. The number of nitrogens with zero attached hydrogens (tertiary/aromatic N) is 1. The van der Waals surface area contributed by atoms with E-state index in [1.54, 1.807) is 0 Å². The van der Waals surface area contributed by atoms with Gasteiger partial charge in [0, 0.05) is 28.8 Å². The van der Waals surface area contributed by atoms with Crippen molar-refractivity contribution < 1.29 is 33.1 Å². The van der Waals surface area contributed by atoms with Gasteiger partial charge in [0.25, 0.3) is 11.6 Å². The number of hydrogen-bond donors (Lipinski definition) is 1. The quantitative estimate of drug-likeness (QED) is 0.456. The van der Waals surface area contributed by atoms with E-state index in [1.807, 2.05) is 0 Å². The molecule has 2 aromatic rings. The van der Waals surface area contributed by atoms with E-state index in [9.17, 15) is 24.1 Å². The number of nitrogens with one attached hydrogen (secondary N) is 1. The maximum Gasteiger partial charge on any atom is 0.325 e. The molecule has 3 rings (SSSR count). The molecule has 1 aliphatic heterocycles. The Labute approximate surface area is 158 Å². The summed E-state index contributed by atoms with van der Waals surface area (Å²) in [7, 11) is 0. The molecule has 1 amide bonds. The molecule has 0 saturated carbocycles. The number of carbonyl (C=O) groups is 2. The molecule has 0 bridgehead atoms. The molecule has 0 fully saturated rings.